The van der Waals surface area contributed by atoms with Crippen molar-refractivity contribution < 1.29 is 13.2 Å². The van der Waals surface area contributed by atoms with Crippen LogP contribution in [0.2, 0.25) is 0 Å². The first-order chi connectivity index (χ1) is 12.2. The molecule has 0 saturated carbocycles. The van der Waals surface area contributed by atoms with Gasteiger partial charge in [0.15, 0.2) is 0 Å². The third kappa shape index (κ3) is 3.85. The first-order valence-corrected chi connectivity index (χ1v) is 10.4. The molecule has 0 amide bonds. The maximum atomic E-state index is 12.7. The second-order valence-corrected chi connectivity index (χ2v) is 9.88. The van der Waals surface area contributed by atoms with Gasteiger partial charge >= 0.3 is 0 Å². The van der Waals surface area contributed by atoms with Crippen molar-refractivity contribution >= 4 is 10.0 Å². The quantitative estimate of drug-likeness (QED) is 0.873. The Morgan fingerprint density at radius 3 is 2.00 bits per heavy atom. The molecule has 0 radical (unpaired) electrons. The number of ether oxygens (including phenoxy) is 1. The maximum absolute atomic E-state index is 12.7. The van der Waals surface area contributed by atoms with Gasteiger partial charge in [-0.05, 0) is 34.2 Å². The Morgan fingerprint density at radius 1 is 1.00 bits per heavy atom. The summed E-state index contributed by atoms with van der Waals surface area (Å²) in [6, 6.07) is 15.3. The molecule has 140 valence electrons. The predicted molar refractivity (Wildman–Crippen MR) is 104 cm³/mol. The minimum Gasteiger partial charge on any atom is -0.376 e. The number of hydrogen-bond acceptors (Lipinski definition) is 3. The first-order valence-electron chi connectivity index (χ1n) is 8.87. The highest BCUT2D eigenvalue weighted by Crippen LogP contribution is 2.32. The van der Waals surface area contributed by atoms with Gasteiger partial charge in [-0.2, -0.15) is 0 Å². The Balaban J connectivity index is 1.74. The van der Waals surface area contributed by atoms with Gasteiger partial charge in [0, 0.05) is 26.5 Å². The van der Waals surface area contributed by atoms with Gasteiger partial charge in [0.2, 0.25) is 10.0 Å². The number of benzene rings is 2. The minimum atomic E-state index is -3.58. The summed E-state index contributed by atoms with van der Waals surface area (Å²) >= 11 is 0. The number of rotatable bonds is 5. The largest absolute Gasteiger partial charge is 0.376 e. The highest BCUT2D eigenvalue weighted by Gasteiger charge is 2.38. The third-order valence-electron chi connectivity index (χ3n) is 5.19. The monoisotopic (exact) mass is 373 g/mol. The smallest absolute Gasteiger partial charge is 0.240 e. The number of methoxy groups -OCH3 is 1. The van der Waals surface area contributed by atoms with E-state index in [-0.39, 0.29) is 16.9 Å². The standard InChI is InChI=1S/C21H27NO3S/c1-20(2,3)18-9-11-19(12-10-18)26(23,24)22-15-21(25-4)13-16-7-5-6-8-17(16)14-21/h5-12,22H,13-15H2,1-4H3. The lowest BCUT2D eigenvalue weighted by Crippen LogP contribution is -2.45. The zero-order valence-electron chi connectivity index (χ0n) is 15.9. The van der Waals surface area contributed by atoms with Gasteiger partial charge in [-0.25, -0.2) is 13.1 Å². The fraction of sp³-hybridized carbons (Fsp3) is 0.429. The van der Waals surface area contributed by atoms with E-state index in [9.17, 15) is 8.42 Å². The molecule has 0 heterocycles. The van der Waals surface area contributed by atoms with Crippen molar-refractivity contribution in [3.63, 3.8) is 0 Å². The Kier molecular flexibility index (Phi) is 4.99. The number of hydrogen-bond donors (Lipinski definition) is 1. The summed E-state index contributed by atoms with van der Waals surface area (Å²) in [6.07, 6.45) is 1.43. The lowest BCUT2D eigenvalue weighted by molar-refractivity contribution is 0.00378. The summed E-state index contributed by atoms with van der Waals surface area (Å²) in [5.41, 5.74) is 3.02. The van der Waals surface area contributed by atoms with E-state index in [1.807, 2.05) is 24.3 Å². The first kappa shape index (κ1) is 19.1. The molecule has 0 spiro atoms. The predicted octanol–water partition coefficient (Wildman–Crippen LogP) is 3.45. The van der Waals surface area contributed by atoms with E-state index < -0.39 is 15.6 Å². The topological polar surface area (TPSA) is 55.4 Å². The van der Waals surface area contributed by atoms with Crippen LogP contribution in [-0.4, -0.2) is 27.7 Å². The van der Waals surface area contributed by atoms with E-state index in [2.05, 4.69) is 37.6 Å². The van der Waals surface area contributed by atoms with Crippen LogP contribution in [0.1, 0.15) is 37.5 Å². The molecule has 2 aromatic carbocycles. The number of fused-ring (bicyclic) bond motifs is 1. The molecule has 3 rings (SSSR count). The Hall–Kier alpha value is -1.69. The third-order valence-corrected chi connectivity index (χ3v) is 6.61. The van der Waals surface area contributed by atoms with Crippen LogP contribution in [0.4, 0.5) is 0 Å². The normalized spacial score (nSPS) is 16.5. The molecule has 0 bridgehead atoms. The van der Waals surface area contributed by atoms with E-state index in [1.54, 1.807) is 19.2 Å². The highest BCUT2D eigenvalue weighted by molar-refractivity contribution is 7.89. The molecule has 26 heavy (non-hydrogen) atoms. The molecule has 0 saturated heterocycles. The maximum Gasteiger partial charge on any atom is 0.240 e. The fourth-order valence-electron chi connectivity index (χ4n) is 3.44. The summed E-state index contributed by atoms with van der Waals surface area (Å²) in [5, 5.41) is 0. The summed E-state index contributed by atoms with van der Waals surface area (Å²) in [4.78, 5) is 0.285. The van der Waals surface area contributed by atoms with Crippen LogP contribution in [0.3, 0.4) is 0 Å². The van der Waals surface area contributed by atoms with Gasteiger partial charge in [-0.1, -0.05) is 57.2 Å². The van der Waals surface area contributed by atoms with Crippen molar-refractivity contribution in [3.8, 4) is 0 Å². The second kappa shape index (κ2) is 6.80. The van der Waals surface area contributed by atoms with Gasteiger partial charge in [0.25, 0.3) is 0 Å². The Labute approximate surface area is 156 Å². The van der Waals surface area contributed by atoms with Crippen LogP contribution in [0.25, 0.3) is 0 Å². The van der Waals surface area contributed by atoms with Crippen molar-refractivity contribution in [2.24, 2.45) is 0 Å². The Bertz CT molecular complexity index is 855. The van der Waals surface area contributed by atoms with E-state index in [0.717, 1.165) is 5.56 Å². The van der Waals surface area contributed by atoms with Crippen molar-refractivity contribution in [3.05, 3.63) is 65.2 Å². The molecule has 1 aliphatic carbocycles. The summed E-state index contributed by atoms with van der Waals surface area (Å²) in [5.74, 6) is 0. The van der Waals surface area contributed by atoms with Crippen LogP contribution in [0, 0.1) is 0 Å². The molecule has 4 nitrogen and oxygen atoms in total. The molecule has 0 aromatic heterocycles. The molecular weight excluding hydrogens is 346 g/mol. The zero-order valence-corrected chi connectivity index (χ0v) is 16.7. The average molecular weight is 374 g/mol. The zero-order chi connectivity index (χ0) is 19.0. The van der Waals surface area contributed by atoms with E-state index >= 15 is 0 Å². The molecule has 1 aliphatic rings. The van der Waals surface area contributed by atoms with Gasteiger partial charge < -0.3 is 4.74 Å². The van der Waals surface area contributed by atoms with Crippen molar-refractivity contribution in [1.29, 1.82) is 0 Å². The highest BCUT2D eigenvalue weighted by atomic mass is 32.2. The molecule has 2 aromatic rings. The number of nitrogens with one attached hydrogen (secondary N) is 1. The summed E-state index contributed by atoms with van der Waals surface area (Å²) in [7, 11) is -1.92. The lowest BCUT2D eigenvalue weighted by atomic mass is 9.87. The summed E-state index contributed by atoms with van der Waals surface area (Å²) < 4.78 is 33.9. The molecular formula is C21H27NO3S. The van der Waals surface area contributed by atoms with E-state index in [1.165, 1.54) is 11.1 Å². The van der Waals surface area contributed by atoms with Crippen molar-refractivity contribution in [1.82, 2.24) is 4.72 Å². The van der Waals surface area contributed by atoms with E-state index in [0.29, 0.717) is 12.8 Å². The fourth-order valence-corrected chi connectivity index (χ4v) is 4.56. The van der Waals surface area contributed by atoms with Crippen LogP contribution < -0.4 is 4.72 Å². The SMILES string of the molecule is COC1(CNS(=O)(=O)c2ccc(C(C)(C)C)cc2)Cc2ccccc2C1. The molecule has 0 aliphatic heterocycles. The van der Waals surface area contributed by atoms with Crippen molar-refractivity contribution in [2.75, 3.05) is 13.7 Å². The van der Waals surface area contributed by atoms with Gasteiger partial charge in [0.05, 0.1) is 10.5 Å². The van der Waals surface area contributed by atoms with Crippen molar-refractivity contribution in [2.45, 2.75) is 49.5 Å². The minimum absolute atomic E-state index is 0.00848. The Morgan fingerprint density at radius 2 is 1.54 bits per heavy atom. The number of sulfonamides is 1. The average Bonchev–Trinajstić information content (AvgIpc) is 2.99. The molecule has 0 unspecified atom stereocenters. The molecule has 0 atom stereocenters. The second-order valence-electron chi connectivity index (χ2n) is 8.11. The van der Waals surface area contributed by atoms with Crippen LogP contribution in [0.15, 0.2) is 53.4 Å². The molecule has 5 heteroatoms. The van der Waals surface area contributed by atoms with E-state index in [4.69, 9.17) is 4.74 Å². The lowest BCUT2D eigenvalue weighted by Gasteiger charge is -2.27. The van der Waals surface area contributed by atoms with Crippen LogP contribution in [0.5, 0.6) is 0 Å². The van der Waals surface area contributed by atoms with Crippen LogP contribution in [-0.2, 0) is 33.0 Å². The molecule has 1 N–H and O–H groups in total. The van der Waals surface area contributed by atoms with Crippen LogP contribution >= 0.6 is 0 Å². The van der Waals surface area contributed by atoms with Gasteiger partial charge in [-0.3, -0.25) is 0 Å². The molecule has 0 fully saturated rings. The summed E-state index contributed by atoms with van der Waals surface area (Å²) in [6.45, 7) is 6.57. The van der Waals surface area contributed by atoms with Gasteiger partial charge in [-0.15, -0.1) is 0 Å². The van der Waals surface area contributed by atoms with Gasteiger partial charge in [0.1, 0.15) is 0 Å².